The summed E-state index contributed by atoms with van der Waals surface area (Å²) in [5.41, 5.74) is 2.39. The number of aryl methyl sites for hydroxylation is 1. The van der Waals surface area contributed by atoms with E-state index in [1.54, 1.807) is 0 Å². The van der Waals surface area contributed by atoms with Gasteiger partial charge >= 0.3 is 0 Å². The maximum atomic E-state index is 4.52. The topological polar surface area (TPSA) is 28.2 Å². The Morgan fingerprint density at radius 1 is 1.22 bits per heavy atom. The molecule has 0 spiro atoms. The fraction of sp³-hybridized carbons (Fsp3) is 0.400. The van der Waals surface area contributed by atoms with E-state index in [0.29, 0.717) is 6.04 Å². The molecule has 0 aliphatic rings. The summed E-state index contributed by atoms with van der Waals surface area (Å²) < 4.78 is 0. The number of fused-ring (bicyclic) bond motifs is 1. The zero-order chi connectivity index (χ0) is 13.3. The van der Waals surface area contributed by atoms with Crippen molar-refractivity contribution in [3.8, 4) is 0 Å². The molecule has 0 unspecified atom stereocenters. The molecule has 0 fully saturated rings. The number of pyridine rings is 1. The molecule has 0 amide bonds. The Kier molecular flexibility index (Phi) is 3.41. The van der Waals surface area contributed by atoms with Crippen LogP contribution in [0.5, 0.6) is 0 Å². The van der Waals surface area contributed by atoms with Crippen LogP contribution in [0.3, 0.4) is 0 Å². The third-order valence-corrected chi connectivity index (χ3v) is 2.95. The van der Waals surface area contributed by atoms with Gasteiger partial charge in [0.05, 0.1) is 0 Å². The van der Waals surface area contributed by atoms with Gasteiger partial charge in [-0.05, 0) is 32.4 Å². The number of aromatic nitrogens is 1. The van der Waals surface area contributed by atoms with Crippen molar-refractivity contribution in [2.75, 3.05) is 24.3 Å². The molecule has 1 aromatic heterocycles. The minimum absolute atomic E-state index is 0.422. The lowest BCUT2D eigenvalue weighted by Crippen LogP contribution is -2.13. The van der Waals surface area contributed by atoms with E-state index < -0.39 is 0 Å². The van der Waals surface area contributed by atoms with Gasteiger partial charge in [0, 0.05) is 42.8 Å². The summed E-state index contributed by atoms with van der Waals surface area (Å²) in [6.07, 6.45) is 1.95. The van der Waals surface area contributed by atoms with E-state index in [2.05, 4.69) is 54.2 Å². The predicted octanol–water partition coefficient (Wildman–Crippen LogP) is 3.43. The van der Waals surface area contributed by atoms with Gasteiger partial charge in [-0.3, -0.25) is 0 Å². The molecular weight excluding hydrogens is 222 g/mol. The molecule has 1 N–H and O–H groups in total. The molecule has 3 nitrogen and oxygen atoms in total. The first kappa shape index (κ1) is 12.7. The average molecular weight is 243 g/mol. The highest BCUT2D eigenvalue weighted by Gasteiger charge is 2.10. The van der Waals surface area contributed by atoms with Crippen LogP contribution < -0.4 is 10.2 Å². The molecule has 0 aliphatic heterocycles. The normalized spacial score (nSPS) is 11.0. The number of hydrogen-bond acceptors (Lipinski definition) is 3. The van der Waals surface area contributed by atoms with Gasteiger partial charge in [0.15, 0.2) is 0 Å². The first-order valence-electron chi connectivity index (χ1n) is 6.33. The third-order valence-electron chi connectivity index (χ3n) is 2.95. The molecule has 0 saturated carbocycles. The quantitative estimate of drug-likeness (QED) is 0.895. The van der Waals surface area contributed by atoms with Crippen molar-refractivity contribution in [2.24, 2.45) is 0 Å². The molecule has 2 aromatic rings. The van der Waals surface area contributed by atoms with Crippen molar-refractivity contribution >= 4 is 22.3 Å². The average Bonchev–Trinajstić information content (AvgIpc) is 2.28. The van der Waals surface area contributed by atoms with Gasteiger partial charge in [0.2, 0.25) is 0 Å². The monoisotopic (exact) mass is 243 g/mol. The summed E-state index contributed by atoms with van der Waals surface area (Å²) in [6.45, 7) is 6.42. The Labute approximate surface area is 109 Å². The zero-order valence-electron chi connectivity index (χ0n) is 11.8. The summed E-state index contributed by atoms with van der Waals surface area (Å²) in [5.74, 6) is 1.02. The Bertz CT molecular complexity index is 559. The number of hydrogen-bond donors (Lipinski definition) is 1. The molecule has 96 valence electrons. The highest BCUT2D eigenvalue weighted by atomic mass is 15.1. The third kappa shape index (κ3) is 2.26. The van der Waals surface area contributed by atoms with Crippen LogP contribution in [0.15, 0.2) is 24.4 Å². The molecule has 0 aliphatic carbocycles. The molecule has 0 radical (unpaired) electrons. The van der Waals surface area contributed by atoms with Crippen LogP contribution in [0.2, 0.25) is 0 Å². The van der Waals surface area contributed by atoms with E-state index in [9.17, 15) is 0 Å². The van der Waals surface area contributed by atoms with Crippen LogP contribution in [-0.4, -0.2) is 25.1 Å². The lowest BCUT2D eigenvalue weighted by Gasteiger charge is -2.19. The van der Waals surface area contributed by atoms with Crippen LogP contribution >= 0.6 is 0 Å². The van der Waals surface area contributed by atoms with Crippen LogP contribution in [0, 0.1) is 6.92 Å². The summed E-state index contributed by atoms with van der Waals surface area (Å²) in [7, 11) is 4.05. The Balaban J connectivity index is 2.71. The second-order valence-electron chi connectivity index (χ2n) is 5.19. The first-order chi connectivity index (χ1) is 8.50. The Hall–Kier alpha value is -1.77. The van der Waals surface area contributed by atoms with Gasteiger partial charge < -0.3 is 10.2 Å². The second kappa shape index (κ2) is 4.84. The fourth-order valence-corrected chi connectivity index (χ4v) is 2.24. The van der Waals surface area contributed by atoms with Crippen LogP contribution in [0.1, 0.15) is 19.4 Å². The van der Waals surface area contributed by atoms with Gasteiger partial charge in [0.25, 0.3) is 0 Å². The lowest BCUT2D eigenvalue weighted by atomic mass is 10.0. The van der Waals surface area contributed by atoms with E-state index in [1.165, 1.54) is 22.0 Å². The van der Waals surface area contributed by atoms with Crippen LogP contribution in [-0.2, 0) is 0 Å². The van der Waals surface area contributed by atoms with E-state index in [0.717, 1.165) is 5.82 Å². The fourth-order valence-electron chi connectivity index (χ4n) is 2.24. The maximum Gasteiger partial charge on any atom is 0.135 e. The van der Waals surface area contributed by atoms with E-state index in [4.69, 9.17) is 0 Å². The molecule has 0 bridgehead atoms. The summed E-state index contributed by atoms with van der Waals surface area (Å²) in [6, 6.07) is 6.78. The van der Waals surface area contributed by atoms with E-state index >= 15 is 0 Å². The van der Waals surface area contributed by atoms with Crippen molar-refractivity contribution in [3.63, 3.8) is 0 Å². The predicted molar refractivity (Wildman–Crippen MR) is 79.6 cm³/mol. The van der Waals surface area contributed by atoms with Crippen LogP contribution in [0.4, 0.5) is 11.5 Å². The Morgan fingerprint density at radius 3 is 2.56 bits per heavy atom. The molecule has 3 heteroatoms. The SMILES string of the molecule is Cc1cnc(N(C)C)c2cccc(NC(C)C)c12. The molecule has 18 heavy (non-hydrogen) atoms. The highest BCUT2D eigenvalue weighted by Crippen LogP contribution is 2.31. The maximum absolute atomic E-state index is 4.52. The standard InChI is InChI=1S/C15H21N3/c1-10(2)17-13-8-6-7-12-14(13)11(3)9-16-15(12)18(4)5/h6-10,17H,1-5H3. The highest BCUT2D eigenvalue weighted by molar-refractivity contribution is 6.02. The number of nitrogens with one attached hydrogen (secondary N) is 1. The van der Waals surface area contributed by atoms with Gasteiger partial charge in [-0.25, -0.2) is 4.98 Å². The van der Waals surface area contributed by atoms with Gasteiger partial charge in [0.1, 0.15) is 5.82 Å². The smallest absolute Gasteiger partial charge is 0.135 e. The van der Waals surface area contributed by atoms with Crippen molar-refractivity contribution in [1.82, 2.24) is 4.98 Å². The van der Waals surface area contributed by atoms with Crippen LogP contribution in [0.25, 0.3) is 10.8 Å². The zero-order valence-corrected chi connectivity index (χ0v) is 11.8. The van der Waals surface area contributed by atoms with E-state index in [1.807, 2.05) is 20.3 Å². The van der Waals surface area contributed by atoms with Crippen molar-refractivity contribution < 1.29 is 0 Å². The van der Waals surface area contributed by atoms with Crippen molar-refractivity contribution in [2.45, 2.75) is 26.8 Å². The number of anilines is 2. The number of rotatable bonds is 3. The second-order valence-corrected chi connectivity index (χ2v) is 5.19. The van der Waals surface area contributed by atoms with Gasteiger partial charge in [-0.15, -0.1) is 0 Å². The molecule has 0 saturated heterocycles. The number of benzene rings is 1. The van der Waals surface area contributed by atoms with Crippen molar-refractivity contribution in [3.05, 3.63) is 30.0 Å². The van der Waals surface area contributed by atoms with Crippen molar-refractivity contribution in [1.29, 1.82) is 0 Å². The lowest BCUT2D eigenvalue weighted by molar-refractivity contribution is 0.901. The summed E-state index contributed by atoms with van der Waals surface area (Å²) >= 11 is 0. The Morgan fingerprint density at radius 2 is 1.94 bits per heavy atom. The first-order valence-corrected chi connectivity index (χ1v) is 6.33. The molecule has 0 atom stereocenters. The number of nitrogens with zero attached hydrogens (tertiary/aromatic N) is 2. The molecule has 1 aromatic carbocycles. The minimum atomic E-state index is 0.422. The summed E-state index contributed by atoms with van der Waals surface area (Å²) in [4.78, 5) is 6.58. The van der Waals surface area contributed by atoms with Gasteiger partial charge in [-0.2, -0.15) is 0 Å². The largest absolute Gasteiger partial charge is 0.382 e. The summed E-state index contributed by atoms with van der Waals surface area (Å²) in [5, 5.41) is 5.98. The molecular formula is C15H21N3. The minimum Gasteiger partial charge on any atom is -0.382 e. The molecule has 2 rings (SSSR count). The van der Waals surface area contributed by atoms with Gasteiger partial charge in [-0.1, -0.05) is 12.1 Å². The molecule has 1 heterocycles. The van der Waals surface area contributed by atoms with E-state index in [-0.39, 0.29) is 0 Å².